The molecule has 6 heteroatoms. The number of benzene rings is 1. The number of carbonyl (C=O) groups excluding carboxylic acids is 1. The van der Waals surface area contributed by atoms with Gasteiger partial charge in [-0.3, -0.25) is 4.79 Å². The highest BCUT2D eigenvalue weighted by atomic mass is 16.1. The van der Waals surface area contributed by atoms with E-state index in [9.17, 15) is 4.79 Å². The molecule has 0 bridgehead atoms. The summed E-state index contributed by atoms with van der Waals surface area (Å²) in [5.74, 6) is -0.525. The van der Waals surface area contributed by atoms with Gasteiger partial charge < -0.3 is 11.1 Å². The zero-order valence-corrected chi connectivity index (χ0v) is 8.71. The van der Waals surface area contributed by atoms with E-state index in [2.05, 4.69) is 15.3 Å². The molecule has 1 aromatic carbocycles. The van der Waals surface area contributed by atoms with Crippen molar-refractivity contribution < 1.29 is 4.79 Å². The fourth-order valence-corrected chi connectivity index (χ4v) is 1.21. The van der Waals surface area contributed by atoms with E-state index in [1.807, 2.05) is 30.3 Å². The molecule has 0 fully saturated rings. The lowest BCUT2D eigenvalue weighted by Gasteiger charge is -2.12. The Morgan fingerprint density at radius 2 is 2.19 bits per heavy atom. The number of primary amides is 1. The lowest BCUT2D eigenvalue weighted by molar-refractivity contribution is -0.119. The van der Waals surface area contributed by atoms with Crippen LogP contribution in [0.4, 0.5) is 0 Å². The summed E-state index contributed by atoms with van der Waals surface area (Å²) in [7, 11) is 0. The lowest BCUT2D eigenvalue weighted by atomic mass is 10.2. The first-order valence-corrected chi connectivity index (χ1v) is 4.81. The predicted molar refractivity (Wildman–Crippen MR) is 60.3 cm³/mol. The van der Waals surface area contributed by atoms with E-state index in [0.29, 0.717) is 6.54 Å². The molecule has 1 aromatic rings. The molecule has 0 saturated carbocycles. The van der Waals surface area contributed by atoms with E-state index in [0.717, 1.165) is 5.56 Å². The number of carbonyl (C=O) groups is 1. The summed E-state index contributed by atoms with van der Waals surface area (Å²) in [6, 6.07) is 8.95. The van der Waals surface area contributed by atoms with Gasteiger partial charge in [0.05, 0.1) is 12.6 Å². The fraction of sp³-hybridized carbons (Fsp3) is 0.300. The third-order valence-electron chi connectivity index (χ3n) is 2.07. The summed E-state index contributed by atoms with van der Waals surface area (Å²) in [5.41, 5.74) is 14.4. The average molecular weight is 219 g/mol. The minimum atomic E-state index is -0.629. The van der Waals surface area contributed by atoms with Crippen LogP contribution in [0.3, 0.4) is 0 Å². The molecule has 0 heterocycles. The second kappa shape index (κ2) is 6.44. The standard InChI is InChI=1S/C10H13N5O/c11-10(16)9(7-14-15-12)13-6-8-4-2-1-3-5-8/h1-5,9,13H,6-7H2,(H2,11,16)/t9-/m0/s1. The number of azide groups is 1. The molecule has 0 radical (unpaired) electrons. The number of nitrogens with two attached hydrogens (primary N) is 1. The van der Waals surface area contributed by atoms with Gasteiger partial charge in [-0.05, 0) is 11.1 Å². The summed E-state index contributed by atoms with van der Waals surface area (Å²) in [4.78, 5) is 13.6. The molecular formula is C10H13N5O. The smallest absolute Gasteiger partial charge is 0.234 e. The molecule has 3 N–H and O–H groups in total. The van der Waals surface area contributed by atoms with Crippen molar-refractivity contribution in [2.45, 2.75) is 12.6 Å². The van der Waals surface area contributed by atoms with Crippen molar-refractivity contribution >= 4 is 5.91 Å². The van der Waals surface area contributed by atoms with Crippen LogP contribution in [0.1, 0.15) is 5.56 Å². The molecule has 0 aromatic heterocycles. The van der Waals surface area contributed by atoms with Crippen molar-refractivity contribution in [2.75, 3.05) is 6.54 Å². The van der Waals surface area contributed by atoms with Crippen LogP contribution in [0.25, 0.3) is 10.4 Å². The van der Waals surface area contributed by atoms with Crippen molar-refractivity contribution in [3.8, 4) is 0 Å². The fourth-order valence-electron chi connectivity index (χ4n) is 1.21. The average Bonchev–Trinajstić information content (AvgIpc) is 2.30. The van der Waals surface area contributed by atoms with E-state index in [1.54, 1.807) is 0 Å². The van der Waals surface area contributed by atoms with Crippen molar-refractivity contribution in [1.29, 1.82) is 0 Å². The van der Waals surface area contributed by atoms with Gasteiger partial charge >= 0.3 is 0 Å². The largest absolute Gasteiger partial charge is 0.368 e. The number of nitrogens with one attached hydrogen (secondary N) is 1. The highest BCUT2D eigenvalue weighted by Gasteiger charge is 2.12. The molecule has 1 amide bonds. The normalized spacial score (nSPS) is 11.5. The Hall–Kier alpha value is -2.04. The van der Waals surface area contributed by atoms with Gasteiger partial charge in [0.15, 0.2) is 0 Å². The Balaban J connectivity index is 2.50. The Morgan fingerprint density at radius 3 is 2.75 bits per heavy atom. The molecule has 84 valence electrons. The number of hydrogen-bond acceptors (Lipinski definition) is 3. The second-order valence-corrected chi connectivity index (χ2v) is 3.23. The van der Waals surface area contributed by atoms with Gasteiger partial charge in [-0.2, -0.15) is 0 Å². The van der Waals surface area contributed by atoms with Gasteiger partial charge in [0.2, 0.25) is 5.91 Å². The first kappa shape index (κ1) is 12.0. The van der Waals surface area contributed by atoms with Crippen LogP contribution < -0.4 is 11.1 Å². The number of amides is 1. The molecular weight excluding hydrogens is 206 g/mol. The Morgan fingerprint density at radius 1 is 1.50 bits per heavy atom. The predicted octanol–water partition coefficient (Wildman–Crippen LogP) is 0.940. The van der Waals surface area contributed by atoms with Gasteiger partial charge in [0.1, 0.15) is 0 Å². The molecule has 6 nitrogen and oxygen atoms in total. The highest BCUT2D eigenvalue weighted by Crippen LogP contribution is 1.98. The van der Waals surface area contributed by atoms with E-state index < -0.39 is 11.9 Å². The molecule has 16 heavy (non-hydrogen) atoms. The molecule has 0 unspecified atom stereocenters. The van der Waals surface area contributed by atoms with E-state index >= 15 is 0 Å². The first-order valence-electron chi connectivity index (χ1n) is 4.81. The lowest BCUT2D eigenvalue weighted by Crippen LogP contribution is -2.43. The molecule has 0 aliphatic carbocycles. The number of nitrogens with zero attached hydrogens (tertiary/aromatic N) is 3. The summed E-state index contributed by atoms with van der Waals surface area (Å²) < 4.78 is 0. The topological polar surface area (TPSA) is 104 Å². The van der Waals surface area contributed by atoms with Gasteiger partial charge in [-0.25, -0.2) is 0 Å². The van der Waals surface area contributed by atoms with Crippen molar-refractivity contribution in [3.05, 3.63) is 46.3 Å². The van der Waals surface area contributed by atoms with Crippen LogP contribution in [-0.4, -0.2) is 18.5 Å². The maximum atomic E-state index is 11.0. The molecule has 0 aliphatic rings. The monoisotopic (exact) mass is 219 g/mol. The van der Waals surface area contributed by atoms with Crippen LogP contribution >= 0.6 is 0 Å². The van der Waals surface area contributed by atoms with Gasteiger partial charge in [0.25, 0.3) is 0 Å². The summed E-state index contributed by atoms with van der Waals surface area (Å²) in [5, 5.41) is 6.25. The molecule has 1 atom stereocenters. The number of hydrogen-bond donors (Lipinski definition) is 2. The SMILES string of the molecule is [N-]=[N+]=NC[C@H](NCc1ccccc1)C(N)=O. The quantitative estimate of drug-likeness (QED) is 0.422. The van der Waals surface area contributed by atoms with E-state index in [1.165, 1.54) is 0 Å². The number of rotatable bonds is 6. The Kier molecular flexibility index (Phi) is 4.85. The van der Waals surface area contributed by atoms with Gasteiger partial charge in [-0.1, -0.05) is 35.4 Å². The summed E-state index contributed by atoms with van der Waals surface area (Å²) in [6.45, 7) is 0.536. The van der Waals surface area contributed by atoms with Gasteiger partial charge in [0, 0.05) is 11.5 Å². The molecule has 0 aliphatic heterocycles. The zero-order valence-electron chi connectivity index (χ0n) is 8.71. The highest BCUT2D eigenvalue weighted by molar-refractivity contribution is 5.80. The van der Waals surface area contributed by atoms with Crippen molar-refractivity contribution in [3.63, 3.8) is 0 Å². The molecule has 1 rings (SSSR count). The van der Waals surface area contributed by atoms with Crippen LogP contribution in [-0.2, 0) is 11.3 Å². The van der Waals surface area contributed by atoms with Crippen LogP contribution in [0, 0.1) is 0 Å². The third kappa shape index (κ3) is 4.00. The van der Waals surface area contributed by atoms with Crippen LogP contribution in [0.15, 0.2) is 35.4 Å². The van der Waals surface area contributed by atoms with E-state index in [-0.39, 0.29) is 6.54 Å². The maximum absolute atomic E-state index is 11.0. The summed E-state index contributed by atoms with van der Waals surface area (Å²) >= 11 is 0. The third-order valence-corrected chi connectivity index (χ3v) is 2.07. The van der Waals surface area contributed by atoms with Crippen LogP contribution in [0.5, 0.6) is 0 Å². The first-order chi connectivity index (χ1) is 7.74. The van der Waals surface area contributed by atoms with Crippen LogP contribution in [0.2, 0.25) is 0 Å². The zero-order chi connectivity index (χ0) is 11.8. The molecule has 0 saturated heterocycles. The second-order valence-electron chi connectivity index (χ2n) is 3.23. The Bertz CT molecular complexity index is 385. The Labute approximate surface area is 93.1 Å². The van der Waals surface area contributed by atoms with Crippen molar-refractivity contribution in [2.24, 2.45) is 10.8 Å². The van der Waals surface area contributed by atoms with Crippen molar-refractivity contribution in [1.82, 2.24) is 5.32 Å². The maximum Gasteiger partial charge on any atom is 0.234 e. The minimum Gasteiger partial charge on any atom is -0.368 e. The van der Waals surface area contributed by atoms with E-state index in [4.69, 9.17) is 11.3 Å². The summed E-state index contributed by atoms with van der Waals surface area (Å²) in [6.07, 6.45) is 0. The minimum absolute atomic E-state index is 0.0265. The van der Waals surface area contributed by atoms with Gasteiger partial charge in [-0.15, -0.1) is 0 Å². The molecule has 0 spiro atoms.